The van der Waals surface area contributed by atoms with Crippen molar-refractivity contribution in [2.75, 3.05) is 12.4 Å². The highest BCUT2D eigenvalue weighted by molar-refractivity contribution is 7.89. The van der Waals surface area contributed by atoms with Crippen molar-refractivity contribution >= 4 is 10.0 Å². The molecule has 6 heteroatoms. The van der Waals surface area contributed by atoms with E-state index < -0.39 is 10.0 Å². The second-order valence-electron chi connectivity index (χ2n) is 3.47. The van der Waals surface area contributed by atoms with E-state index in [1.54, 1.807) is 6.07 Å². The van der Waals surface area contributed by atoms with E-state index in [0.29, 0.717) is 5.75 Å². The van der Waals surface area contributed by atoms with Gasteiger partial charge in [-0.2, -0.15) is 0 Å². The highest BCUT2D eigenvalue weighted by Gasteiger charge is 2.06. The van der Waals surface area contributed by atoms with Crippen LogP contribution < -0.4 is 9.88 Å². The number of hydrogen-bond acceptors (Lipinski definition) is 4. The fourth-order valence-corrected chi connectivity index (χ4v) is 1.57. The smallest absolute Gasteiger partial charge is 0.212 e. The molecule has 0 spiro atoms. The zero-order chi connectivity index (χ0) is 12.2. The molecule has 0 saturated heterocycles. The minimum Gasteiger partial charge on any atom is -0.491 e. The summed E-state index contributed by atoms with van der Waals surface area (Å²) in [6.07, 6.45) is 0.742. The number of pyridine rings is 1. The van der Waals surface area contributed by atoms with Crippen LogP contribution in [0.4, 0.5) is 0 Å². The Hall–Kier alpha value is -1.14. The number of primary sulfonamides is 1. The normalized spacial score (nSPS) is 11.4. The first-order chi connectivity index (χ1) is 7.42. The van der Waals surface area contributed by atoms with Crippen LogP contribution >= 0.6 is 0 Å². The first kappa shape index (κ1) is 12.9. The largest absolute Gasteiger partial charge is 0.491 e. The first-order valence-electron chi connectivity index (χ1n) is 5.02. The van der Waals surface area contributed by atoms with Crippen LogP contribution in [0, 0.1) is 6.92 Å². The summed E-state index contributed by atoms with van der Waals surface area (Å²) < 4.78 is 26.8. The third-order valence-electron chi connectivity index (χ3n) is 2.03. The van der Waals surface area contributed by atoms with Gasteiger partial charge >= 0.3 is 0 Å². The lowest BCUT2D eigenvalue weighted by atomic mass is 10.2. The molecule has 0 unspecified atom stereocenters. The van der Waals surface area contributed by atoms with Crippen LogP contribution in [0.25, 0.3) is 0 Å². The van der Waals surface area contributed by atoms with Gasteiger partial charge in [-0.15, -0.1) is 0 Å². The van der Waals surface area contributed by atoms with Gasteiger partial charge in [0.2, 0.25) is 10.0 Å². The number of ether oxygens (including phenoxy) is 1. The SMILES string of the molecule is CCc1nc(C)ccc1OCCS(N)(=O)=O. The monoisotopic (exact) mass is 244 g/mol. The van der Waals surface area contributed by atoms with Crippen LogP contribution in [0.5, 0.6) is 5.75 Å². The lowest BCUT2D eigenvalue weighted by Gasteiger charge is -2.09. The van der Waals surface area contributed by atoms with Gasteiger partial charge in [-0.3, -0.25) is 4.98 Å². The van der Waals surface area contributed by atoms with Crippen LogP contribution in [-0.4, -0.2) is 25.8 Å². The van der Waals surface area contributed by atoms with Gasteiger partial charge in [0.15, 0.2) is 0 Å². The van der Waals surface area contributed by atoms with Crippen molar-refractivity contribution < 1.29 is 13.2 Å². The molecular weight excluding hydrogens is 228 g/mol. The van der Waals surface area contributed by atoms with Crippen LogP contribution in [0.1, 0.15) is 18.3 Å². The summed E-state index contributed by atoms with van der Waals surface area (Å²) in [6.45, 7) is 3.91. The molecule has 0 saturated carbocycles. The first-order valence-corrected chi connectivity index (χ1v) is 6.73. The molecule has 1 heterocycles. The van der Waals surface area contributed by atoms with E-state index in [1.807, 2.05) is 19.9 Å². The quantitative estimate of drug-likeness (QED) is 0.823. The van der Waals surface area contributed by atoms with Gasteiger partial charge < -0.3 is 4.74 Å². The average Bonchev–Trinajstić information content (AvgIpc) is 2.18. The predicted octanol–water partition coefficient (Wildman–Crippen LogP) is 0.620. The van der Waals surface area contributed by atoms with Crippen LogP contribution in [0.3, 0.4) is 0 Å². The van der Waals surface area contributed by atoms with E-state index in [1.165, 1.54) is 0 Å². The third kappa shape index (κ3) is 4.16. The number of nitrogens with zero attached hydrogens (tertiary/aromatic N) is 1. The topological polar surface area (TPSA) is 82.3 Å². The van der Waals surface area contributed by atoms with E-state index in [9.17, 15) is 8.42 Å². The maximum Gasteiger partial charge on any atom is 0.212 e. The minimum atomic E-state index is -3.47. The number of nitrogens with two attached hydrogens (primary N) is 1. The van der Waals surface area contributed by atoms with Gasteiger partial charge in [0, 0.05) is 5.69 Å². The number of hydrogen-bond donors (Lipinski definition) is 1. The summed E-state index contributed by atoms with van der Waals surface area (Å²) in [5.41, 5.74) is 1.74. The van der Waals surface area contributed by atoms with Crippen molar-refractivity contribution in [1.29, 1.82) is 0 Å². The van der Waals surface area contributed by atoms with E-state index in [0.717, 1.165) is 17.8 Å². The molecule has 0 radical (unpaired) electrons. The Morgan fingerprint density at radius 3 is 2.69 bits per heavy atom. The summed E-state index contributed by atoms with van der Waals surface area (Å²) in [5, 5.41) is 4.87. The Balaban J connectivity index is 2.67. The summed E-state index contributed by atoms with van der Waals surface area (Å²) >= 11 is 0. The van der Waals surface area contributed by atoms with Crippen LogP contribution in [0.15, 0.2) is 12.1 Å². The zero-order valence-electron chi connectivity index (χ0n) is 9.43. The number of sulfonamides is 1. The van der Waals surface area contributed by atoms with Crippen LogP contribution in [-0.2, 0) is 16.4 Å². The second-order valence-corrected chi connectivity index (χ2v) is 5.20. The number of rotatable bonds is 5. The Kier molecular flexibility index (Phi) is 4.26. The maximum absolute atomic E-state index is 10.7. The number of aromatic nitrogens is 1. The number of aryl methyl sites for hydroxylation is 2. The Labute approximate surface area is 95.7 Å². The van der Waals surface area contributed by atoms with Crippen molar-refractivity contribution in [3.63, 3.8) is 0 Å². The molecule has 5 nitrogen and oxygen atoms in total. The fourth-order valence-electron chi connectivity index (χ4n) is 1.25. The van der Waals surface area contributed by atoms with E-state index in [-0.39, 0.29) is 12.4 Å². The molecule has 0 aliphatic carbocycles. The summed E-state index contributed by atoms with van der Waals surface area (Å²) in [7, 11) is -3.47. The average molecular weight is 244 g/mol. The summed E-state index contributed by atoms with van der Waals surface area (Å²) in [5.74, 6) is 0.432. The Bertz CT molecular complexity index is 457. The van der Waals surface area contributed by atoms with Crippen molar-refractivity contribution in [3.05, 3.63) is 23.5 Å². The minimum absolute atomic E-state index is 0.0522. The molecule has 1 aromatic rings. The van der Waals surface area contributed by atoms with Gasteiger partial charge in [0.05, 0.1) is 11.4 Å². The van der Waals surface area contributed by atoms with Gasteiger partial charge in [-0.05, 0) is 25.5 Å². The van der Waals surface area contributed by atoms with Gasteiger partial charge in [0.25, 0.3) is 0 Å². The maximum atomic E-state index is 10.7. The highest BCUT2D eigenvalue weighted by Crippen LogP contribution is 2.17. The standard InChI is InChI=1S/C10H16N2O3S/c1-3-9-10(5-4-8(2)12-9)15-6-7-16(11,13)14/h4-5H,3,6-7H2,1-2H3,(H2,11,13,14). The van der Waals surface area contributed by atoms with E-state index in [2.05, 4.69) is 4.98 Å². The molecule has 16 heavy (non-hydrogen) atoms. The lowest BCUT2D eigenvalue weighted by Crippen LogP contribution is -2.21. The highest BCUT2D eigenvalue weighted by atomic mass is 32.2. The molecule has 90 valence electrons. The molecular formula is C10H16N2O3S. The molecule has 2 N–H and O–H groups in total. The lowest BCUT2D eigenvalue weighted by molar-refractivity contribution is 0.335. The van der Waals surface area contributed by atoms with Gasteiger partial charge in [-0.25, -0.2) is 13.6 Å². The van der Waals surface area contributed by atoms with Crippen molar-refractivity contribution in [3.8, 4) is 5.75 Å². The second kappa shape index (κ2) is 5.27. The molecule has 0 aliphatic heterocycles. The Morgan fingerprint density at radius 1 is 1.44 bits per heavy atom. The van der Waals surface area contributed by atoms with E-state index in [4.69, 9.17) is 9.88 Å². The third-order valence-corrected chi connectivity index (χ3v) is 2.77. The molecule has 1 aromatic heterocycles. The predicted molar refractivity (Wildman–Crippen MR) is 61.8 cm³/mol. The summed E-state index contributed by atoms with van der Waals surface area (Å²) in [4.78, 5) is 4.30. The molecule has 0 atom stereocenters. The molecule has 1 rings (SSSR count). The molecule has 0 aromatic carbocycles. The molecule has 0 amide bonds. The Morgan fingerprint density at radius 2 is 2.12 bits per heavy atom. The van der Waals surface area contributed by atoms with Crippen molar-refractivity contribution in [2.45, 2.75) is 20.3 Å². The van der Waals surface area contributed by atoms with Crippen LogP contribution in [0.2, 0.25) is 0 Å². The van der Waals surface area contributed by atoms with Gasteiger partial charge in [0.1, 0.15) is 12.4 Å². The molecule has 0 fully saturated rings. The molecule has 0 bridgehead atoms. The van der Waals surface area contributed by atoms with Crippen molar-refractivity contribution in [2.24, 2.45) is 5.14 Å². The fraction of sp³-hybridized carbons (Fsp3) is 0.500. The van der Waals surface area contributed by atoms with E-state index >= 15 is 0 Å². The molecule has 0 aliphatic rings. The summed E-state index contributed by atoms with van der Waals surface area (Å²) in [6, 6.07) is 3.62. The van der Waals surface area contributed by atoms with Gasteiger partial charge in [-0.1, -0.05) is 6.92 Å². The zero-order valence-corrected chi connectivity index (χ0v) is 10.3. The van der Waals surface area contributed by atoms with Crippen molar-refractivity contribution in [1.82, 2.24) is 4.98 Å².